The van der Waals surface area contributed by atoms with Crippen LogP contribution in [-0.2, 0) is 13.0 Å². The molecule has 3 aromatic carbocycles. The van der Waals surface area contributed by atoms with E-state index in [0.29, 0.717) is 17.7 Å². The zero-order chi connectivity index (χ0) is 28.8. The van der Waals surface area contributed by atoms with E-state index in [0.717, 1.165) is 77.8 Å². The van der Waals surface area contributed by atoms with E-state index in [1.165, 1.54) is 0 Å². The normalized spacial score (nSPS) is 12.1. The minimum absolute atomic E-state index is 0.153. The van der Waals surface area contributed by atoms with Gasteiger partial charge in [-0.3, -0.25) is 0 Å². The van der Waals surface area contributed by atoms with E-state index in [1.807, 2.05) is 41.4 Å². The Bertz CT molecular complexity index is 1600. The molecule has 0 bridgehead atoms. The quantitative estimate of drug-likeness (QED) is 0.160. The number of nitrogens with zero attached hydrogens (tertiary/aromatic N) is 4. The summed E-state index contributed by atoms with van der Waals surface area (Å²) in [4.78, 5) is 21.2. The van der Waals surface area contributed by atoms with Crippen molar-refractivity contribution in [3.63, 3.8) is 0 Å². The third-order valence-corrected chi connectivity index (χ3v) is 7.58. The summed E-state index contributed by atoms with van der Waals surface area (Å²) < 4.78 is 11.1. The summed E-state index contributed by atoms with van der Waals surface area (Å²) in [6, 6.07) is 19.5. The van der Waals surface area contributed by atoms with Crippen LogP contribution in [-0.4, -0.2) is 30.2 Å². The van der Waals surface area contributed by atoms with Crippen LogP contribution in [0.2, 0.25) is 0 Å². The van der Waals surface area contributed by atoms with Crippen molar-refractivity contribution >= 4 is 17.0 Å². The van der Waals surface area contributed by atoms with Gasteiger partial charge < -0.3 is 19.0 Å². The highest BCUT2D eigenvalue weighted by Gasteiger charge is 2.21. The topological polar surface area (TPSA) is 82.2 Å². The number of carboxylic acids is 1. The first-order valence-corrected chi connectivity index (χ1v) is 14.5. The largest absolute Gasteiger partial charge is 0.478 e. The highest BCUT2D eigenvalue weighted by Crippen LogP contribution is 2.34. The lowest BCUT2D eigenvalue weighted by Gasteiger charge is -2.22. The summed E-state index contributed by atoms with van der Waals surface area (Å²) in [6.07, 6.45) is 11.5. The average Bonchev–Trinajstić information content (AvgIpc) is 3.65. The number of aromatic carboxylic acids is 1. The summed E-state index contributed by atoms with van der Waals surface area (Å²) in [5, 5.41) is 9.65. The van der Waals surface area contributed by atoms with Crippen molar-refractivity contribution in [2.45, 2.75) is 72.1 Å². The van der Waals surface area contributed by atoms with Gasteiger partial charge in [-0.1, -0.05) is 75.2 Å². The number of aryl methyl sites for hydroxylation is 2. The highest BCUT2D eigenvalue weighted by molar-refractivity contribution is 5.96. The van der Waals surface area contributed by atoms with Crippen LogP contribution in [0.1, 0.15) is 79.5 Å². The molecule has 0 saturated carbocycles. The molecule has 0 spiro atoms. The fraction of sp³-hybridized carbons (Fsp3) is 0.324. The number of hydrogen-bond acceptors (Lipinski definition) is 4. The molecule has 0 aliphatic rings. The molecular formula is C34H38N4O3. The summed E-state index contributed by atoms with van der Waals surface area (Å²) in [6.45, 7) is 7.13. The van der Waals surface area contributed by atoms with E-state index in [4.69, 9.17) is 9.72 Å². The molecule has 0 radical (unpaired) electrons. The highest BCUT2D eigenvalue weighted by atomic mass is 16.5. The van der Waals surface area contributed by atoms with E-state index in [9.17, 15) is 9.90 Å². The number of hydrogen-bond donors (Lipinski definition) is 1. The van der Waals surface area contributed by atoms with Crippen molar-refractivity contribution in [3.05, 3.63) is 102 Å². The number of aromatic nitrogens is 4. The Morgan fingerprint density at radius 3 is 2.49 bits per heavy atom. The second kappa shape index (κ2) is 12.9. The number of fused-ring (bicyclic) bond motifs is 1. The maximum Gasteiger partial charge on any atom is 0.336 e. The van der Waals surface area contributed by atoms with Crippen molar-refractivity contribution in [2.24, 2.45) is 0 Å². The Morgan fingerprint density at radius 2 is 1.78 bits per heavy atom. The number of ether oxygens (including phenoxy) is 1. The molecule has 212 valence electrons. The summed E-state index contributed by atoms with van der Waals surface area (Å²) >= 11 is 0. The first kappa shape index (κ1) is 28.1. The van der Waals surface area contributed by atoms with Crippen LogP contribution in [0.15, 0.2) is 79.4 Å². The number of imidazole rings is 2. The fourth-order valence-electron chi connectivity index (χ4n) is 5.30. The fourth-order valence-corrected chi connectivity index (χ4v) is 5.30. The zero-order valence-corrected chi connectivity index (χ0v) is 24.1. The maximum absolute atomic E-state index is 11.8. The smallest absolute Gasteiger partial charge is 0.336 e. The van der Waals surface area contributed by atoms with Crippen LogP contribution in [0.4, 0.5) is 0 Å². The number of carboxylic acid groups (broad SMARTS) is 1. The Hall–Kier alpha value is -4.39. The summed E-state index contributed by atoms with van der Waals surface area (Å²) in [7, 11) is 0. The minimum atomic E-state index is -0.925. The van der Waals surface area contributed by atoms with Gasteiger partial charge in [0.15, 0.2) is 6.23 Å². The third-order valence-electron chi connectivity index (χ3n) is 7.58. The van der Waals surface area contributed by atoms with E-state index >= 15 is 0 Å². The molecule has 41 heavy (non-hydrogen) atoms. The number of unbranched alkanes of at least 4 members (excludes halogenated alkanes) is 2. The van der Waals surface area contributed by atoms with Gasteiger partial charge in [0.05, 0.1) is 17.4 Å². The number of carbonyl (C=O) groups is 1. The van der Waals surface area contributed by atoms with Crippen LogP contribution in [0.5, 0.6) is 5.75 Å². The van der Waals surface area contributed by atoms with E-state index in [-0.39, 0.29) is 6.23 Å². The number of rotatable bonds is 13. The molecule has 0 aliphatic heterocycles. The number of benzene rings is 3. The van der Waals surface area contributed by atoms with E-state index < -0.39 is 5.97 Å². The Balaban J connectivity index is 1.54. The average molecular weight is 551 g/mol. The van der Waals surface area contributed by atoms with Gasteiger partial charge in [-0.2, -0.15) is 0 Å². The lowest BCUT2D eigenvalue weighted by atomic mass is 9.98. The molecule has 1 N–H and O–H groups in total. The maximum atomic E-state index is 11.8. The molecule has 0 aliphatic carbocycles. The van der Waals surface area contributed by atoms with Gasteiger partial charge in [-0.05, 0) is 54.2 Å². The van der Waals surface area contributed by atoms with Gasteiger partial charge in [-0.15, -0.1) is 0 Å². The molecule has 5 rings (SSSR count). The second-order valence-corrected chi connectivity index (χ2v) is 10.6. The van der Waals surface area contributed by atoms with Crippen LogP contribution < -0.4 is 4.74 Å². The SMILES string of the molecule is CCCCc1nc2c(C)ccc(OC(CCCC)n3ccnc3)c2n1Cc1ccc(-c2ccccc2C(=O)O)cc1. The van der Waals surface area contributed by atoms with Gasteiger partial charge in [-0.25, -0.2) is 14.8 Å². The predicted octanol–water partition coefficient (Wildman–Crippen LogP) is 8.07. The van der Waals surface area contributed by atoms with Crippen LogP contribution in [0.25, 0.3) is 22.2 Å². The molecule has 7 heteroatoms. The standard InChI is InChI=1S/C34H38N4O3/c1-4-6-12-30-36-32-24(3)14-19-29(41-31(13-7-5-2)37-21-20-35-23-37)33(32)38(30)22-25-15-17-26(18-16-25)27-10-8-9-11-28(27)34(39)40/h8-11,14-21,23,31H,4-7,12-13,22H2,1-3H3,(H,39,40). The summed E-state index contributed by atoms with van der Waals surface area (Å²) in [5.74, 6) is 0.947. The lowest BCUT2D eigenvalue weighted by molar-refractivity contribution is 0.0697. The van der Waals surface area contributed by atoms with Gasteiger partial charge in [0, 0.05) is 31.8 Å². The third kappa shape index (κ3) is 6.19. The van der Waals surface area contributed by atoms with Crippen molar-refractivity contribution in [1.29, 1.82) is 0 Å². The second-order valence-electron chi connectivity index (χ2n) is 10.6. The van der Waals surface area contributed by atoms with Crippen molar-refractivity contribution in [3.8, 4) is 16.9 Å². The summed E-state index contributed by atoms with van der Waals surface area (Å²) in [5.41, 5.74) is 6.12. The molecule has 1 unspecified atom stereocenters. The monoisotopic (exact) mass is 550 g/mol. The van der Waals surface area contributed by atoms with Crippen molar-refractivity contribution in [1.82, 2.24) is 19.1 Å². The Kier molecular flexibility index (Phi) is 8.82. The van der Waals surface area contributed by atoms with Gasteiger partial charge in [0.2, 0.25) is 0 Å². The predicted molar refractivity (Wildman–Crippen MR) is 162 cm³/mol. The van der Waals surface area contributed by atoms with E-state index in [2.05, 4.69) is 54.6 Å². The molecule has 0 amide bonds. The molecular weight excluding hydrogens is 512 g/mol. The first-order valence-electron chi connectivity index (χ1n) is 14.5. The molecule has 1 atom stereocenters. The molecule has 5 aromatic rings. The minimum Gasteiger partial charge on any atom is -0.478 e. The Labute approximate surface area is 241 Å². The molecule has 0 fully saturated rings. The molecule has 7 nitrogen and oxygen atoms in total. The van der Waals surface area contributed by atoms with Gasteiger partial charge >= 0.3 is 5.97 Å². The van der Waals surface area contributed by atoms with Crippen molar-refractivity contribution in [2.75, 3.05) is 0 Å². The zero-order valence-electron chi connectivity index (χ0n) is 24.1. The van der Waals surface area contributed by atoms with Gasteiger partial charge in [0.1, 0.15) is 17.1 Å². The van der Waals surface area contributed by atoms with Crippen molar-refractivity contribution < 1.29 is 14.6 Å². The molecule has 2 aromatic heterocycles. The lowest BCUT2D eigenvalue weighted by Crippen LogP contribution is -2.15. The van der Waals surface area contributed by atoms with Crippen LogP contribution >= 0.6 is 0 Å². The first-order chi connectivity index (χ1) is 20.0. The van der Waals surface area contributed by atoms with Gasteiger partial charge in [0.25, 0.3) is 0 Å². The molecule has 2 heterocycles. The molecule has 0 saturated heterocycles. The van der Waals surface area contributed by atoms with Crippen LogP contribution in [0.3, 0.4) is 0 Å². The van der Waals surface area contributed by atoms with E-state index in [1.54, 1.807) is 18.3 Å². The van der Waals surface area contributed by atoms with Crippen LogP contribution in [0, 0.1) is 6.92 Å². The Morgan fingerprint density at radius 1 is 1.00 bits per heavy atom.